The van der Waals surface area contributed by atoms with Crippen LogP contribution in [0.4, 0.5) is 0 Å². The van der Waals surface area contributed by atoms with E-state index in [9.17, 15) is 0 Å². The van der Waals surface area contributed by atoms with Crippen molar-refractivity contribution in [1.82, 2.24) is 0 Å². The lowest BCUT2D eigenvalue weighted by Gasteiger charge is -2.12. The SMILES string of the molecule is COCCO[C@@H](C)c1ccc(Br)cc1. The largest absolute Gasteiger partial charge is 0.382 e. The third-order valence-corrected chi connectivity index (χ3v) is 2.52. The fraction of sp³-hybridized carbons (Fsp3) is 0.455. The summed E-state index contributed by atoms with van der Waals surface area (Å²) in [5.41, 5.74) is 1.18. The van der Waals surface area contributed by atoms with Crippen molar-refractivity contribution >= 4 is 15.9 Å². The third-order valence-electron chi connectivity index (χ3n) is 1.99. The smallest absolute Gasteiger partial charge is 0.0798 e. The molecule has 0 heterocycles. The Bertz CT molecular complexity index is 258. The van der Waals surface area contributed by atoms with Crippen molar-refractivity contribution in [3.63, 3.8) is 0 Å². The first-order chi connectivity index (χ1) is 6.74. The zero-order valence-corrected chi connectivity index (χ0v) is 10.1. The fourth-order valence-corrected chi connectivity index (χ4v) is 1.40. The molecular weight excluding hydrogens is 244 g/mol. The molecule has 0 N–H and O–H groups in total. The van der Waals surface area contributed by atoms with Crippen LogP contribution < -0.4 is 0 Å². The monoisotopic (exact) mass is 258 g/mol. The van der Waals surface area contributed by atoms with Gasteiger partial charge in [-0.05, 0) is 24.6 Å². The first-order valence-electron chi connectivity index (χ1n) is 4.60. The lowest BCUT2D eigenvalue weighted by Crippen LogP contribution is -2.05. The maximum atomic E-state index is 5.57. The number of halogens is 1. The van der Waals surface area contributed by atoms with Gasteiger partial charge >= 0.3 is 0 Å². The summed E-state index contributed by atoms with van der Waals surface area (Å²) in [5, 5.41) is 0. The summed E-state index contributed by atoms with van der Waals surface area (Å²) in [6.07, 6.45) is 0.123. The summed E-state index contributed by atoms with van der Waals surface area (Å²) in [6, 6.07) is 8.15. The third kappa shape index (κ3) is 3.78. The molecular formula is C11H15BrO2. The van der Waals surface area contributed by atoms with Crippen LogP contribution in [-0.2, 0) is 9.47 Å². The molecule has 1 aromatic carbocycles. The molecule has 0 saturated heterocycles. The molecule has 0 unspecified atom stereocenters. The van der Waals surface area contributed by atoms with Crippen LogP contribution in [0.25, 0.3) is 0 Å². The average Bonchev–Trinajstić information content (AvgIpc) is 2.19. The first kappa shape index (κ1) is 11.7. The summed E-state index contributed by atoms with van der Waals surface area (Å²) in [5.74, 6) is 0. The highest BCUT2D eigenvalue weighted by Gasteiger charge is 2.04. The van der Waals surface area contributed by atoms with Crippen molar-refractivity contribution in [2.24, 2.45) is 0 Å². The van der Waals surface area contributed by atoms with E-state index in [1.807, 2.05) is 19.1 Å². The van der Waals surface area contributed by atoms with Crippen LogP contribution in [0.5, 0.6) is 0 Å². The van der Waals surface area contributed by atoms with Crippen LogP contribution in [0, 0.1) is 0 Å². The molecule has 0 aliphatic rings. The van der Waals surface area contributed by atoms with E-state index in [0.717, 1.165) is 4.47 Å². The van der Waals surface area contributed by atoms with Gasteiger partial charge in [0, 0.05) is 11.6 Å². The molecule has 1 rings (SSSR count). The standard InChI is InChI=1S/C11H15BrO2/c1-9(14-8-7-13-2)10-3-5-11(12)6-4-10/h3-6,9H,7-8H2,1-2H3/t9-/m0/s1. The van der Waals surface area contributed by atoms with Crippen molar-refractivity contribution in [3.05, 3.63) is 34.3 Å². The van der Waals surface area contributed by atoms with Crippen molar-refractivity contribution in [1.29, 1.82) is 0 Å². The predicted molar refractivity (Wildman–Crippen MR) is 60.4 cm³/mol. The maximum Gasteiger partial charge on any atom is 0.0798 e. The molecule has 0 aliphatic heterocycles. The van der Waals surface area contributed by atoms with Gasteiger partial charge in [-0.2, -0.15) is 0 Å². The van der Waals surface area contributed by atoms with Crippen molar-refractivity contribution in [2.45, 2.75) is 13.0 Å². The number of hydrogen-bond acceptors (Lipinski definition) is 2. The van der Waals surface area contributed by atoms with E-state index in [2.05, 4.69) is 28.1 Å². The molecule has 1 atom stereocenters. The van der Waals surface area contributed by atoms with Crippen LogP contribution in [0.15, 0.2) is 28.7 Å². The molecule has 0 fully saturated rings. The van der Waals surface area contributed by atoms with Gasteiger partial charge in [0.15, 0.2) is 0 Å². The van der Waals surface area contributed by atoms with Crippen LogP contribution >= 0.6 is 15.9 Å². The van der Waals surface area contributed by atoms with Gasteiger partial charge in [0.1, 0.15) is 0 Å². The van der Waals surface area contributed by atoms with E-state index in [1.165, 1.54) is 5.56 Å². The summed E-state index contributed by atoms with van der Waals surface area (Å²) in [4.78, 5) is 0. The van der Waals surface area contributed by atoms with Crippen molar-refractivity contribution in [3.8, 4) is 0 Å². The first-order valence-corrected chi connectivity index (χ1v) is 5.39. The summed E-state index contributed by atoms with van der Waals surface area (Å²) < 4.78 is 11.6. The number of hydrogen-bond donors (Lipinski definition) is 0. The molecule has 0 radical (unpaired) electrons. The van der Waals surface area contributed by atoms with E-state index in [1.54, 1.807) is 7.11 Å². The van der Waals surface area contributed by atoms with E-state index < -0.39 is 0 Å². The molecule has 0 aliphatic carbocycles. The summed E-state index contributed by atoms with van der Waals surface area (Å²) >= 11 is 3.40. The minimum Gasteiger partial charge on any atom is -0.382 e. The Morgan fingerprint density at radius 1 is 1.21 bits per heavy atom. The van der Waals surface area contributed by atoms with Gasteiger partial charge in [0.25, 0.3) is 0 Å². The van der Waals surface area contributed by atoms with Gasteiger partial charge in [-0.1, -0.05) is 28.1 Å². The summed E-state index contributed by atoms with van der Waals surface area (Å²) in [6.45, 7) is 3.31. The van der Waals surface area contributed by atoms with Gasteiger partial charge < -0.3 is 9.47 Å². The van der Waals surface area contributed by atoms with Gasteiger partial charge in [0.2, 0.25) is 0 Å². The Balaban J connectivity index is 2.43. The normalized spacial score (nSPS) is 12.8. The minimum absolute atomic E-state index is 0.123. The van der Waals surface area contributed by atoms with Crippen LogP contribution in [-0.4, -0.2) is 20.3 Å². The topological polar surface area (TPSA) is 18.5 Å². The molecule has 0 bridgehead atoms. The van der Waals surface area contributed by atoms with Gasteiger partial charge in [-0.25, -0.2) is 0 Å². The molecule has 1 aromatic rings. The fourth-order valence-electron chi connectivity index (χ4n) is 1.14. The molecule has 2 nitrogen and oxygen atoms in total. The molecule has 0 aromatic heterocycles. The van der Waals surface area contributed by atoms with E-state index in [4.69, 9.17) is 9.47 Å². The second-order valence-corrected chi connectivity index (χ2v) is 3.97. The Labute approximate surface area is 93.4 Å². The number of rotatable bonds is 5. The number of ether oxygens (including phenoxy) is 2. The quantitative estimate of drug-likeness (QED) is 0.756. The van der Waals surface area contributed by atoms with Crippen LogP contribution in [0.2, 0.25) is 0 Å². The minimum atomic E-state index is 0.123. The lowest BCUT2D eigenvalue weighted by atomic mass is 10.1. The lowest BCUT2D eigenvalue weighted by molar-refractivity contribution is 0.0256. The highest BCUT2D eigenvalue weighted by molar-refractivity contribution is 9.10. The Morgan fingerprint density at radius 3 is 2.43 bits per heavy atom. The van der Waals surface area contributed by atoms with Crippen molar-refractivity contribution < 1.29 is 9.47 Å². The molecule has 0 amide bonds. The Morgan fingerprint density at radius 2 is 1.86 bits per heavy atom. The molecule has 0 saturated carbocycles. The highest BCUT2D eigenvalue weighted by atomic mass is 79.9. The number of methoxy groups -OCH3 is 1. The zero-order valence-electron chi connectivity index (χ0n) is 8.50. The Hall–Kier alpha value is -0.380. The second kappa shape index (κ2) is 6.17. The Kier molecular flexibility index (Phi) is 5.15. The highest BCUT2D eigenvalue weighted by Crippen LogP contribution is 2.19. The van der Waals surface area contributed by atoms with E-state index in [-0.39, 0.29) is 6.10 Å². The van der Waals surface area contributed by atoms with Crippen LogP contribution in [0.3, 0.4) is 0 Å². The summed E-state index contributed by atoms with van der Waals surface area (Å²) in [7, 11) is 1.67. The van der Waals surface area contributed by atoms with E-state index >= 15 is 0 Å². The van der Waals surface area contributed by atoms with Gasteiger partial charge in [-0.3, -0.25) is 0 Å². The predicted octanol–water partition coefficient (Wildman–Crippen LogP) is 3.17. The number of benzene rings is 1. The van der Waals surface area contributed by atoms with Gasteiger partial charge in [0.05, 0.1) is 19.3 Å². The molecule has 0 spiro atoms. The molecule has 3 heteroatoms. The van der Waals surface area contributed by atoms with E-state index in [0.29, 0.717) is 13.2 Å². The zero-order chi connectivity index (χ0) is 10.4. The average molecular weight is 259 g/mol. The molecule has 14 heavy (non-hydrogen) atoms. The maximum absolute atomic E-state index is 5.57. The van der Waals surface area contributed by atoms with Gasteiger partial charge in [-0.15, -0.1) is 0 Å². The van der Waals surface area contributed by atoms with Crippen LogP contribution in [0.1, 0.15) is 18.6 Å². The molecule has 78 valence electrons. The second-order valence-electron chi connectivity index (χ2n) is 3.06. The van der Waals surface area contributed by atoms with Crippen molar-refractivity contribution in [2.75, 3.05) is 20.3 Å².